The third kappa shape index (κ3) is 5.85. The zero-order valence-corrected chi connectivity index (χ0v) is 10.0. The van der Waals surface area contributed by atoms with Gasteiger partial charge in [-0.15, -0.1) is 0 Å². The van der Waals surface area contributed by atoms with E-state index in [0.717, 1.165) is 0 Å². The van der Waals surface area contributed by atoms with Gasteiger partial charge in [0, 0.05) is 0 Å². The maximum Gasteiger partial charge on any atom is 0.482 e. The molecule has 0 N–H and O–H groups in total. The van der Waals surface area contributed by atoms with E-state index in [1.807, 2.05) is 0 Å². The summed E-state index contributed by atoms with van der Waals surface area (Å²) in [6.45, 7) is 1.47. The van der Waals surface area contributed by atoms with Gasteiger partial charge in [-0.25, -0.2) is 0 Å². The van der Waals surface area contributed by atoms with Crippen molar-refractivity contribution in [3.05, 3.63) is 6.92 Å². The van der Waals surface area contributed by atoms with Gasteiger partial charge in [0.1, 0.15) is 0 Å². The predicted octanol–water partition coefficient (Wildman–Crippen LogP) is 4.31. The summed E-state index contributed by atoms with van der Waals surface area (Å²) in [4.78, 5) is 0. The second-order valence-corrected chi connectivity index (χ2v) is 3.69. The molecule has 0 aliphatic carbocycles. The van der Waals surface area contributed by atoms with E-state index >= 15 is 0 Å². The van der Waals surface area contributed by atoms with E-state index in [0.29, 0.717) is 0 Å². The number of ether oxygens (including phenoxy) is 2. The van der Waals surface area contributed by atoms with E-state index < -0.39 is 50.1 Å². The Morgan fingerprint density at radius 3 is 1.52 bits per heavy atom. The number of rotatable bonds is 7. The molecule has 0 aromatic heterocycles. The van der Waals surface area contributed by atoms with Crippen molar-refractivity contribution in [2.75, 3.05) is 6.61 Å². The van der Waals surface area contributed by atoms with E-state index in [1.54, 1.807) is 0 Å². The Morgan fingerprint density at radius 2 is 1.19 bits per heavy atom. The molecule has 0 heterocycles. The fourth-order valence-corrected chi connectivity index (χ4v) is 0.939. The molecular weight excluding hydrogens is 330 g/mol. The van der Waals surface area contributed by atoms with E-state index in [9.17, 15) is 43.9 Å². The van der Waals surface area contributed by atoms with Crippen LogP contribution in [0.2, 0.25) is 0 Å². The molecule has 2 nitrogen and oxygen atoms in total. The van der Waals surface area contributed by atoms with Crippen molar-refractivity contribution in [1.29, 1.82) is 0 Å². The largest absolute Gasteiger partial charge is 0.482 e. The lowest BCUT2D eigenvalue weighted by molar-refractivity contribution is -0.407. The molecule has 0 amide bonds. The van der Waals surface area contributed by atoms with Gasteiger partial charge in [-0.3, -0.25) is 0 Å². The van der Waals surface area contributed by atoms with Crippen LogP contribution in [0.15, 0.2) is 0 Å². The second-order valence-electron chi connectivity index (χ2n) is 3.69. The first-order valence-electron chi connectivity index (χ1n) is 5.14. The van der Waals surface area contributed by atoms with E-state index in [1.165, 1.54) is 0 Å². The molecule has 21 heavy (non-hydrogen) atoms. The molecule has 1 unspecified atom stereocenters. The number of alkyl halides is 10. The molecule has 0 aromatic carbocycles. The molecule has 0 aromatic rings. The van der Waals surface area contributed by atoms with Crippen LogP contribution in [0.1, 0.15) is 12.8 Å². The summed E-state index contributed by atoms with van der Waals surface area (Å²) in [5.74, 6) is 0. The Hall–Kier alpha value is -0.780. The van der Waals surface area contributed by atoms with Gasteiger partial charge >= 0.3 is 24.6 Å². The summed E-state index contributed by atoms with van der Waals surface area (Å²) < 4.78 is 126. The molecule has 0 spiro atoms. The first-order chi connectivity index (χ1) is 9.14. The van der Waals surface area contributed by atoms with Gasteiger partial charge in [0.05, 0.1) is 12.7 Å². The fourth-order valence-electron chi connectivity index (χ4n) is 0.939. The van der Waals surface area contributed by atoms with Crippen LogP contribution in [-0.2, 0) is 9.47 Å². The standard InChI is InChI=1S/C9H9F10O2/c1-2-5(21-9(18,19)7(13,14)15)3-4-20-8(16,17)6(10,11)12/h5H,1-4H2. The van der Waals surface area contributed by atoms with Crippen molar-refractivity contribution in [3.63, 3.8) is 0 Å². The molecule has 0 saturated carbocycles. The zero-order chi connectivity index (χ0) is 17.1. The van der Waals surface area contributed by atoms with Crippen LogP contribution >= 0.6 is 0 Å². The molecule has 1 radical (unpaired) electrons. The molecule has 0 bridgehead atoms. The minimum Gasteiger partial charge on any atom is -0.313 e. The summed E-state index contributed by atoms with van der Waals surface area (Å²) in [6, 6.07) is 0. The van der Waals surface area contributed by atoms with Crippen molar-refractivity contribution in [2.24, 2.45) is 0 Å². The molecule has 12 heteroatoms. The van der Waals surface area contributed by atoms with Crippen LogP contribution in [0.3, 0.4) is 0 Å². The first kappa shape index (κ1) is 20.2. The van der Waals surface area contributed by atoms with Crippen LogP contribution in [0, 0.1) is 6.92 Å². The lowest BCUT2D eigenvalue weighted by Gasteiger charge is -2.26. The van der Waals surface area contributed by atoms with Gasteiger partial charge in [-0.05, 0) is 12.8 Å². The quantitative estimate of drug-likeness (QED) is 0.644. The van der Waals surface area contributed by atoms with Crippen molar-refractivity contribution < 1.29 is 53.4 Å². The topological polar surface area (TPSA) is 18.5 Å². The van der Waals surface area contributed by atoms with Gasteiger partial charge < -0.3 is 9.47 Å². The number of hydrogen-bond donors (Lipinski definition) is 0. The smallest absolute Gasteiger partial charge is 0.313 e. The fraction of sp³-hybridized carbons (Fsp3) is 0.889. The minimum absolute atomic E-state index is 0.730. The summed E-state index contributed by atoms with van der Waals surface area (Å²) in [6.07, 6.45) is -27.0. The van der Waals surface area contributed by atoms with Crippen LogP contribution in [0.5, 0.6) is 0 Å². The van der Waals surface area contributed by atoms with Crippen LogP contribution in [0.4, 0.5) is 43.9 Å². The van der Waals surface area contributed by atoms with Crippen LogP contribution in [-0.4, -0.2) is 37.3 Å². The van der Waals surface area contributed by atoms with Crippen molar-refractivity contribution in [3.8, 4) is 0 Å². The molecule has 127 valence electrons. The summed E-state index contributed by atoms with van der Waals surface area (Å²) in [5, 5.41) is 0. The summed E-state index contributed by atoms with van der Waals surface area (Å²) in [5.41, 5.74) is 0. The normalized spacial score (nSPS) is 16.1. The first-order valence-corrected chi connectivity index (χ1v) is 5.14. The van der Waals surface area contributed by atoms with Crippen LogP contribution in [0.25, 0.3) is 0 Å². The van der Waals surface area contributed by atoms with Crippen molar-refractivity contribution >= 4 is 0 Å². The summed E-state index contributed by atoms with van der Waals surface area (Å²) >= 11 is 0. The Kier molecular flexibility index (Phi) is 6.30. The summed E-state index contributed by atoms with van der Waals surface area (Å²) in [7, 11) is 0. The monoisotopic (exact) mass is 339 g/mol. The highest BCUT2D eigenvalue weighted by Gasteiger charge is 2.61. The van der Waals surface area contributed by atoms with Gasteiger partial charge in [0.25, 0.3) is 0 Å². The Labute approximate surface area is 112 Å². The van der Waals surface area contributed by atoms with E-state index in [2.05, 4.69) is 16.4 Å². The molecule has 0 fully saturated rings. The third-order valence-electron chi connectivity index (χ3n) is 2.02. The van der Waals surface area contributed by atoms with E-state index in [4.69, 9.17) is 0 Å². The Bertz CT molecular complexity index is 321. The average Bonchev–Trinajstić information content (AvgIpc) is 2.24. The maximum atomic E-state index is 12.5. The lowest BCUT2D eigenvalue weighted by Crippen LogP contribution is -2.43. The SMILES string of the molecule is [CH2]CC(CCOC(F)(F)C(F)(F)F)OC(F)(F)C(F)(F)F. The molecule has 0 aliphatic rings. The number of hydrogen-bond acceptors (Lipinski definition) is 2. The Balaban J connectivity index is 4.49. The van der Waals surface area contributed by atoms with E-state index in [-0.39, 0.29) is 0 Å². The molecule has 0 rings (SSSR count). The maximum absolute atomic E-state index is 12.5. The molecular formula is C9H9F10O2. The second kappa shape index (κ2) is 6.55. The number of halogens is 10. The predicted molar refractivity (Wildman–Crippen MR) is 47.4 cm³/mol. The molecule has 0 saturated heterocycles. The van der Waals surface area contributed by atoms with Gasteiger partial charge in [0.2, 0.25) is 0 Å². The zero-order valence-electron chi connectivity index (χ0n) is 10.0. The highest BCUT2D eigenvalue weighted by molar-refractivity contribution is 4.70. The third-order valence-corrected chi connectivity index (χ3v) is 2.02. The van der Waals surface area contributed by atoms with Crippen molar-refractivity contribution in [2.45, 2.75) is 43.5 Å². The average molecular weight is 339 g/mol. The Morgan fingerprint density at radius 1 is 0.762 bits per heavy atom. The molecule has 0 aliphatic heterocycles. The molecule has 1 atom stereocenters. The van der Waals surface area contributed by atoms with Crippen LogP contribution < -0.4 is 0 Å². The highest BCUT2D eigenvalue weighted by Crippen LogP contribution is 2.39. The van der Waals surface area contributed by atoms with Gasteiger partial charge in [-0.2, -0.15) is 43.9 Å². The van der Waals surface area contributed by atoms with Gasteiger partial charge in [-0.1, -0.05) is 6.92 Å². The van der Waals surface area contributed by atoms with Gasteiger partial charge in [0.15, 0.2) is 0 Å². The lowest BCUT2D eigenvalue weighted by atomic mass is 10.2. The van der Waals surface area contributed by atoms with Crippen molar-refractivity contribution in [1.82, 2.24) is 0 Å². The minimum atomic E-state index is -6.06. The highest BCUT2D eigenvalue weighted by atomic mass is 19.4.